The van der Waals surface area contributed by atoms with E-state index in [0.717, 1.165) is 41.2 Å². The van der Waals surface area contributed by atoms with Gasteiger partial charge in [-0.15, -0.1) is 0 Å². The van der Waals surface area contributed by atoms with Crippen LogP contribution in [0.25, 0.3) is 16.9 Å². The van der Waals surface area contributed by atoms with Gasteiger partial charge in [-0.25, -0.2) is 9.50 Å². The lowest BCUT2D eigenvalue weighted by Crippen LogP contribution is -2.35. The molecule has 1 saturated heterocycles. The predicted molar refractivity (Wildman–Crippen MR) is 120 cm³/mol. The van der Waals surface area contributed by atoms with E-state index in [9.17, 15) is 9.59 Å². The maximum atomic E-state index is 13.4. The van der Waals surface area contributed by atoms with Gasteiger partial charge in [-0.1, -0.05) is 0 Å². The minimum Gasteiger partial charge on any atom is -0.497 e. The Morgan fingerprint density at radius 1 is 1.16 bits per heavy atom. The van der Waals surface area contributed by atoms with Crippen LogP contribution in [0.15, 0.2) is 59.5 Å². The number of benzene rings is 1. The predicted octanol–water partition coefficient (Wildman–Crippen LogP) is 3.38. The summed E-state index contributed by atoms with van der Waals surface area (Å²) < 4.78 is 6.97. The molecule has 4 heterocycles. The summed E-state index contributed by atoms with van der Waals surface area (Å²) in [5, 5.41) is 4.54. The van der Waals surface area contributed by atoms with E-state index in [-0.39, 0.29) is 17.5 Å². The molecular weight excluding hydrogens is 406 g/mol. The number of hydrogen-bond acceptors (Lipinski definition) is 5. The zero-order valence-electron chi connectivity index (χ0n) is 17.9. The van der Waals surface area contributed by atoms with Crippen molar-refractivity contribution >= 4 is 11.6 Å². The summed E-state index contributed by atoms with van der Waals surface area (Å²) in [5.41, 5.74) is 3.75. The van der Waals surface area contributed by atoms with Crippen LogP contribution in [0.5, 0.6) is 5.75 Å². The van der Waals surface area contributed by atoms with Crippen LogP contribution in [0.1, 0.15) is 40.6 Å². The standard InChI is InChI=1S/C24H23N5O3/c1-15-14-22-25-12-11-21(29(22)27-15)20-4-3-13-28(20)24(31)18-9-10-19(26-23(18)30)16-5-7-17(32-2)8-6-16/h5-12,14,20H,3-4,13H2,1-2H3,(H,26,30)/t20-/m1/s1. The van der Waals surface area contributed by atoms with Gasteiger partial charge in [0.1, 0.15) is 11.3 Å². The van der Waals surface area contributed by atoms with Gasteiger partial charge in [-0.2, -0.15) is 5.10 Å². The van der Waals surface area contributed by atoms with Crippen molar-refractivity contribution in [2.24, 2.45) is 0 Å². The zero-order valence-corrected chi connectivity index (χ0v) is 17.9. The maximum Gasteiger partial charge on any atom is 0.261 e. The lowest BCUT2D eigenvalue weighted by atomic mass is 10.1. The fourth-order valence-corrected chi connectivity index (χ4v) is 4.33. The lowest BCUT2D eigenvalue weighted by molar-refractivity contribution is 0.0729. The molecule has 1 aliphatic heterocycles. The number of carbonyl (C=O) groups excluding carboxylic acids is 1. The SMILES string of the molecule is COc1ccc(-c2ccc(C(=O)N3CCC[C@@H]3c3ccnc4cc(C)nn34)c(=O)[nH]2)cc1. The van der Waals surface area contributed by atoms with E-state index in [2.05, 4.69) is 15.1 Å². The third kappa shape index (κ3) is 3.43. The molecule has 32 heavy (non-hydrogen) atoms. The second kappa shape index (κ2) is 7.96. The van der Waals surface area contributed by atoms with Crippen LogP contribution in [-0.4, -0.2) is 44.0 Å². The first-order chi connectivity index (χ1) is 15.5. The van der Waals surface area contributed by atoms with E-state index in [0.29, 0.717) is 12.2 Å². The number of carbonyl (C=O) groups is 1. The molecule has 3 aromatic heterocycles. The van der Waals surface area contributed by atoms with Crippen LogP contribution in [0, 0.1) is 6.92 Å². The Hall–Kier alpha value is -3.94. The quantitative estimate of drug-likeness (QED) is 0.537. The van der Waals surface area contributed by atoms with Crippen molar-refractivity contribution < 1.29 is 9.53 Å². The van der Waals surface area contributed by atoms with Gasteiger partial charge in [0.25, 0.3) is 11.5 Å². The topological polar surface area (TPSA) is 92.6 Å². The Balaban J connectivity index is 1.45. The van der Waals surface area contributed by atoms with E-state index in [1.165, 1.54) is 0 Å². The molecule has 0 unspecified atom stereocenters. The molecule has 8 heteroatoms. The average molecular weight is 429 g/mol. The number of ether oxygens (including phenoxy) is 1. The van der Waals surface area contributed by atoms with Crippen molar-refractivity contribution in [1.82, 2.24) is 24.5 Å². The van der Waals surface area contributed by atoms with Gasteiger partial charge in [-0.3, -0.25) is 9.59 Å². The van der Waals surface area contributed by atoms with E-state index >= 15 is 0 Å². The van der Waals surface area contributed by atoms with Gasteiger partial charge >= 0.3 is 0 Å². The number of rotatable bonds is 4. The molecule has 0 aliphatic carbocycles. The summed E-state index contributed by atoms with van der Waals surface area (Å²) in [7, 11) is 1.60. The second-order valence-corrected chi connectivity index (χ2v) is 7.93. The van der Waals surface area contributed by atoms with Crippen LogP contribution in [-0.2, 0) is 0 Å². The monoisotopic (exact) mass is 429 g/mol. The summed E-state index contributed by atoms with van der Waals surface area (Å²) in [6, 6.07) is 14.4. The smallest absolute Gasteiger partial charge is 0.261 e. The second-order valence-electron chi connectivity index (χ2n) is 7.93. The minimum atomic E-state index is -0.399. The first kappa shape index (κ1) is 20.0. The third-order valence-corrected chi connectivity index (χ3v) is 5.91. The van der Waals surface area contributed by atoms with Gasteiger partial charge in [-0.05, 0) is 67.8 Å². The minimum absolute atomic E-state index is 0.135. The molecule has 8 nitrogen and oxygen atoms in total. The molecule has 0 bridgehead atoms. The largest absolute Gasteiger partial charge is 0.497 e. The van der Waals surface area contributed by atoms with Gasteiger partial charge in [0.15, 0.2) is 5.65 Å². The molecule has 1 N–H and O–H groups in total. The molecule has 0 saturated carbocycles. The zero-order chi connectivity index (χ0) is 22.2. The van der Waals surface area contributed by atoms with E-state index in [1.807, 2.05) is 43.3 Å². The molecule has 0 spiro atoms. The van der Waals surface area contributed by atoms with Crippen LogP contribution in [0.3, 0.4) is 0 Å². The number of hydrogen-bond donors (Lipinski definition) is 1. The van der Waals surface area contributed by atoms with Crippen LogP contribution in [0.2, 0.25) is 0 Å². The number of nitrogens with one attached hydrogen (secondary N) is 1. The molecule has 0 radical (unpaired) electrons. The van der Waals surface area contributed by atoms with E-state index in [1.54, 1.807) is 34.9 Å². The van der Waals surface area contributed by atoms with Crippen LogP contribution < -0.4 is 10.3 Å². The molecule has 162 valence electrons. The normalized spacial score (nSPS) is 15.9. The molecule has 5 rings (SSSR count). The molecule has 1 atom stereocenters. The molecule has 1 amide bonds. The van der Waals surface area contributed by atoms with Gasteiger partial charge < -0.3 is 14.6 Å². The van der Waals surface area contributed by atoms with E-state index in [4.69, 9.17) is 4.74 Å². The first-order valence-electron chi connectivity index (χ1n) is 10.5. The van der Waals surface area contributed by atoms with Crippen molar-refractivity contribution in [3.8, 4) is 17.0 Å². The number of aromatic nitrogens is 4. The van der Waals surface area contributed by atoms with Crippen LogP contribution >= 0.6 is 0 Å². The third-order valence-electron chi connectivity index (χ3n) is 5.91. The number of nitrogens with zero attached hydrogens (tertiary/aromatic N) is 4. The molecule has 1 aromatic carbocycles. The van der Waals surface area contributed by atoms with Gasteiger partial charge in [0.2, 0.25) is 0 Å². The first-order valence-corrected chi connectivity index (χ1v) is 10.5. The summed E-state index contributed by atoms with van der Waals surface area (Å²) >= 11 is 0. The Labute approximate surface area is 184 Å². The number of methoxy groups -OCH3 is 1. The Morgan fingerprint density at radius 3 is 2.72 bits per heavy atom. The Morgan fingerprint density at radius 2 is 1.97 bits per heavy atom. The number of aryl methyl sites for hydroxylation is 1. The number of aromatic amines is 1. The van der Waals surface area contributed by atoms with Crippen molar-refractivity contribution in [3.05, 3.63) is 82.0 Å². The summed E-state index contributed by atoms with van der Waals surface area (Å²) in [6.07, 6.45) is 3.41. The number of pyridine rings is 1. The highest BCUT2D eigenvalue weighted by Gasteiger charge is 2.33. The van der Waals surface area contributed by atoms with Gasteiger partial charge in [0.05, 0.1) is 24.5 Å². The molecule has 1 aliphatic rings. The van der Waals surface area contributed by atoms with Crippen LogP contribution in [0.4, 0.5) is 0 Å². The van der Waals surface area contributed by atoms with E-state index < -0.39 is 5.56 Å². The number of likely N-dealkylation sites (tertiary alicyclic amines) is 1. The number of H-pyrrole nitrogens is 1. The highest BCUT2D eigenvalue weighted by molar-refractivity contribution is 5.94. The van der Waals surface area contributed by atoms with Crippen molar-refractivity contribution in [3.63, 3.8) is 0 Å². The highest BCUT2D eigenvalue weighted by Crippen LogP contribution is 2.33. The van der Waals surface area contributed by atoms with Crippen molar-refractivity contribution in [2.45, 2.75) is 25.8 Å². The fourth-order valence-electron chi connectivity index (χ4n) is 4.33. The molecule has 4 aromatic rings. The highest BCUT2D eigenvalue weighted by atomic mass is 16.5. The Kier molecular flexibility index (Phi) is 4.97. The fraction of sp³-hybridized carbons (Fsp3) is 0.250. The lowest BCUT2D eigenvalue weighted by Gasteiger charge is -2.25. The summed E-state index contributed by atoms with van der Waals surface area (Å²) in [5.74, 6) is 0.462. The molecule has 1 fully saturated rings. The maximum absolute atomic E-state index is 13.4. The summed E-state index contributed by atoms with van der Waals surface area (Å²) in [4.78, 5) is 35.2. The van der Waals surface area contributed by atoms with Gasteiger partial charge in [0, 0.05) is 24.5 Å². The number of amides is 1. The average Bonchev–Trinajstić information content (AvgIpc) is 3.44. The number of fused-ring (bicyclic) bond motifs is 1. The van der Waals surface area contributed by atoms with Crippen molar-refractivity contribution in [1.29, 1.82) is 0 Å². The van der Waals surface area contributed by atoms with Crippen molar-refractivity contribution in [2.75, 3.05) is 13.7 Å². The summed E-state index contributed by atoms with van der Waals surface area (Å²) in [6.45, 7) is 2.51. The molecular formula is C24H23N5O3. The Bertz CT molecular complexity index is 1360.